The smallest absolute Gasteiger partial charge is 0.115 e. The number of aryl methyl sites for hydroxylation is 1. The quantitative estimate of drug-likeness (QED) is 0.869. The van der Waals surface area contributed by atoms with Gasteiger partial charge in [-0.3, -0.25) is 0 Å². The van der Waals surface area contributed by atoms with Crippen molar-refractivity contribution in [1.29, 1.82) is 0 Å². The second kappa shape index (κ2) is 5.58. The lowest BCUT2D eigenvalue weighted by atomic mass is 9.93. The van der Waals surface area contributed by atoms with E-state index >= 15 is 0 Å². The second-order valence-electron chi connectivity index (χ2n) is 5.40. The Balaban J connectivity index is 1.93. The molecule has 0 radical (unpaired) electrons. The second-order valence-corrected chi connectivity index (χ2v) is 5.40. The van der Waals surface area contributed by atoms with Gasteiger partial charge in [-0.05, 0) is 53.3 Å². The summed E-state index contributed by atoms with van der Waals surface area (Å²) in [5, 5.41) is 18.9. The van der Waals surface area contributed by atoms with E-state index in [1.165, 1.54) is 11.1 Å². The highest BCUT2D eigenvalue weighted by Gasteiger charge is 2.09. The van der Waals surface area contributed by atoms with Crippen LogP contribution in [0.5, 0.6) is 5.75 Å². The Kier molecular flexibility index (Phi) is 3.63. The van der Waals surface area contributed by atoms with Crippen molar-refractivity contribution in [3.63, 3.8) is 0 Å². The van der Waals surface area contributed by atoms with Gasteiger partial charge < -0.3 is 10.2 Å². The van der Waals surface area contributed by atoms with E-state index in [9.17, 15) is 10.2 Å². The van der Waals surface area contributed by atoms with Gasteiger partial charge in [0.1, 0.15) is 5.75 Å². The summed E-state index contributed by atoms with van der Waals surface area (Å²) in [6, 6.07) is 13.6. The molecule has 21 heavy (non-hydrogen) atoms. The Morgan fingerprint density at radius 2 is 1.71 bits per heavy atom. The molecule has 3 rings (SSSR count). The Morgan fingerprint density at radius 3 is 2.33 bits per heavy atom. The number of aliphatic hydroxyl groups excluding tert-OH is 1. The van der Waals surface area contributed by atoms with Crippen molar-refractivity contribution < 1.29 is 10.2 Å². The van der Waals surface area contributed by atoms with Crippen molar-refractivity contribution in [1.82, 2.24) is 0 Å². The fourth-order valence-electron chi connectivity index (χ4n) is 2.63. The zero-order valence-corrected chi connectivity index (χ0v) is 12.0. The number of aromatic hydroxyl groups is 1. The highest BCUT2D eigenvalue weighted by molar-refractivity contribution is 5.78. The Bertz CT molecular complexity index is 709. The molecule has 106 valence electrons. The minimum atomic E-state index is -0.355. The number of phenolic OH excluding ortho intramolecular Hbond substituents is 1. The first-order valence-corrected chi connectivity index (χ1v) is 7.10. The standard InChI is InChI=1S/C19H18O2/c1-13-12-16(14-2-7-17(20)8-3-14)6-11-19(13)15-4-9-18(21)10-5-15/h2-7,9-12,17,20-21H,8H2,1H3. The first-order valence-electron chi connectivity index (χ1n) is 7.10. The molecule has 0 spiro atoms. The Labute approximate surface area is 124 Å². The van der Waals surface area contributed by atoms with Gasteiger partial charge in [-0.2, -0.15) is 0 Å². The van der Waals surface area contributed by atoms with Gasteiger partial charge in [0.05, 0.1) is 6.10 Å². The molecule has 0 heterocycles. The summed E-state index contributed by atoms with van der Waals surface area (Å²) in [6.07, 6.45) is 6.19. The molecule has 0 aliphatic heterocycles. The van der Waals surface area contributed by atoms with Crippen molar-refractivity contribution in [3.8, 4) is 16.9 Å². The fourth-order valence-corrected chi connectivity index (χ4v) is 2.63. The molecular weight excluding hydrogens is 260 g/mol. The summed E-state index contributed by atoms with van der Waals surface area (Å²) in [4.78, 5) is 0. The van der Waals surface area contributed by atoms with Gasteiger partial charge >= 0.3 is 0 Å². The number of hydrogen-bond donors (Lipinski definition) is 2. The van der Waals surface area contributed by atoms with Crippen LogP contribution in [0.15, 0.2) is 60.7 Å². The predicted octanol–water partition coefficient (Wildman–Crippen LogP) is 4.07. The van der Waals surface area contributed by atoms with Gasteiger partial charge in [0.15, 0.2) is 0 Å². The number of rotatable bonds is 2. The van der Waals surface area contributed by atoms with Gasteiger partial charge in [-0.15, -0.1) is 0 Å². The van der Waals surface area contributed by atoms with E-state index in [0.29, 0.717) is 6.42 Å². The first-order chi connectivity index (χ1) is 10.1. The summed E-state index contributed by atoms with van der Waals surface area (Å²) in [5.74, 6) is 0.282. The van der Waals surface area contributed by atoms with E-state index in [2.05, 4.69) is 31.2 Å². The highest BCUT2D eigenvalue weighted by atomic mass is 16.3. The van der Waals surface area contributed by atoms with Crippen LogP contribution in [0, 0.1) is 6.92 Å². The zero-order chi connectivity index (χ0) is 14.8. The van der Waals surface area contributed by atoms with E-state index in [-0.39, 0.29) is 11.9 Å². The largest absolute Gasteiger partial charge is 0.508 e. The zero-order valence-electron chi connectivity index (χ0n) is 12.0. The average Bonchev–Trinajstić information content (AvgIpc) is 2.49. The molecule has 0 fully saturated rings. The van der Waals surface area contributed by atoms with Gasteiger partial charge in [-0.25, -0.2) is 0 Å². The summed E-state index contributed by atoms with van der Waals surface area (Å²) in [6.45, 7) is 2.09. The fraction of sp³-hybridized carbons (Fsp3) is 0.158. The van der Waals surface area contributed by atoms with Crippen molar-refractivity contribution in [3.05, 3.63) is 71.8 Å². The molecule has 2 heteroatoms. The number of aliphatic hydroxyl groups is 1. The van der Waals surface area contributed by atoms with Crippen LogP contribution in [0.1, 0.15) is 17.5 Å². The molecule has 0 aromatic heterocycles. The van der Waals surface area contributed by atoms with Crippen LogP contribution in [-0.4, -0.2) is 16.3 Å². The Morgan fingerprint density at radius 1 is 1.00 bits per heavy atom. The maximum absolute atomic E-state index is 9.49. The summed E-state index contributed by atoms with van der Waals surface area (Å²) in [5.41, 5.74) is 5.78. The molecule has 0 amide bonds. The van der Waals surface area contributed by atoms with Crippen LogP contribution in [0.25, 0.3) is 16.7 Å². The third-order valence-corrected chi connectivity index (χ3v) is 3.82. The lowest BCUT2D eigenvalue weighted by Crippen LogP contribution is -2.03. The molecule has 1 unspecified atom stereocenters. The van der Waals surface area contributed by atoms with Gasteiger partial charge in [-0.1, -0.05) is 48.6 Å². The van der Waals surface area contributed by atoms with Gasteiger partial charge in [0.25, 0.3) is 0 Å². The third kappa shape index (κ3) is 2.91. The topological polar surface area (TPSA) is 40.5 Å². The molecule has 0 saturated heterocycles. The van der Waals surface area contributed by atoms with E-state index in [1.807, 2.05) is 24.3 Å². The number of benzene rings is 2. The maximum atomic E-state index is 9.49. The van der Waals surface area contributed by atoms with Crippen molar-refractivity contribution in [2.75, 3.05) is 0 Å². The van der Waals surface area contributed by atoms with Gasteiger partial charge in [0, 0.05) is 0 Å². The van der Waals surface area contributed by atoms with Crippen molar-refractivity contribution in [2.45, 2.75) is 19.4 Å². The minimum absolute atomic E-state index is 0.282. The van der Waals surface area contributed by atoms with E-state index < -0.39 is 0 Å². The molecular formula is C19H18O2. The molecule has 2 N–H and O–H groups in total. The Hall–Kier alpha value is -2.32. The SMILES string of the molecule is Cc1cc(C2=CCC(O)C=C2)ccc1-c1ccc(O)cc1. The highest BCUT2D eigenvalue weighted by Crippen LogP contribution is 2.29. The molecule has 1 aliphatic rings. The third-order valence-electron chi connectivity index (χ3n) is 3.82. The number of allylic oxidation sites excluding steroid dienone is 2. The van der Waals surface area contributed by atoms with Crippen LogP contribution >= 0.6 is 0 Å². The summed E-state index contributed by atoms with van der Waals surface area (Å²) < 4.78 is 0. The lowest BCUT2D eigenvalue weighted by molar-refractivity contribution is 0.226. The van der Waals surface area contributed by atoms with E-state index in [4.69, 9.17) is 0 Å². The molecule has 0 saturated carbocycles. The molecule has 1 atom stereocenters. The van der Waals surface area contributed by atoms with Crippen LogP contribution < -0.4 is 0 Å². The summed E-state index contributed by atoms with van der Waals surface area (Å²) >= 11 is 0. The monoisotopic (exact) mass is 278 g/mol. The minimum Gasteiger partial charge on any atom is -0.508 e. The maximum Gasteiger partial charge on any atom is 0.115 e. The molecule has 2 nitrogen and oxygen atoms in total. The molecule has 2 aromatic rings. The summed E-state index contributed by atoms with van der Waals surface area (Å²) in [7, 11) is 0. The predicted molar refractivity (Wildman–Crippen MR) is 86.0 cm³/mol. The van der Waals surface area contributed by atoms with Crippen molar-refractivity contribution in [2.24, 2.45) is 0 Å². The number of phenols is 1. The van der Waals surface area contributed by atoms with Crippen molar-refractivity contribution >= 4 is 5.57 Å². The van der Waals surface area contributed by atoms with Crippen LogP contribution in [-0.2, 0) is 0 Å². The normalized spacial score (nSPS) is 17.6. The average molecular weight is 278 g/mol. The van der Waals surface area contributed by atoms with Crippen LogP contribution in [0.2, 0.25) is 0 Å². The van der Waals surface area contributed by atoms with Crippen LogP contribution in [0.3, 0.4) is 0 Å². The lowest BCUT2D eigenvalue weighted by Gasteiger charge is -2.13. The number of hydrogen-bond acceptors (Lipinski definition) is 2. The molecule has 1 aliphatic carbocycles. The van der Waals surface area contributed by atoms with Crippen LogP contribution in [0.4, 0.5) is 0 Å². The first kappa shape index (κ1) is 13.7. The van der Waals surface area contributed by atoms with E-state index in [1.54, 1.807) is 12.1 Å². The molecule has 0 bridgehead atoms. The molecule has 2 aromatic carbocycles. The van der Waals surface area contributed by atoms with E-state index in [0.717, 1.165) is 16.7 Å². The van der Waals surface area contributed by atoms with Gasteiger partial charge in [0.2, 0.25) is 0 Å².